The van der Waals surface area contributed by atoms with Crippen LogP contribution in [0.4, 0.5) is 0 Å². The molecule has 0 aliphatic heterocycles. The lowest BCUT2D eigenvalue weighted by Gasteiger charge is -2.16. The topological polar surface area (TPSA) is 72.2 Å². The minimum atomic E-state index is -1.16. The van der Waals surface area contributed by atoms with Crippen molar-refractivity contribution >= 4 is 29.4 Å². The van der Waals surface area contributed by atoms with Crippen molar-refractivity contribution in [2.75, 3.05) is 0 Å². The Labute approximate surface area is 121 Å². The maximum absolute atomic E-state index is 12.4. The molecule has 0 saturated heterocycles. The fourth-order valence-corrected chi connectivity index (χ4v) is 2.61. The summed E-state index contributed by atoms with van der Waals surface area (Å²) in [6.07, 6.45) is 3.68. The average molecular weight is 295 g/mol. The first kappa shape index (κ1) is 14.5. The summed E-state index contributed by atoms with van der Waals surface area (Å²) in [5.41, 5.74) is 1.32. The van der Waals surface area contributed by atoms with E-state index in [9.17, 15) is 14.7 Å². The summed E-state index contributed by atoms with van der Waals surface area (Å²) in [4.78, 5) is 28.0. The predicted octanol–water partition coefficient (Wildman–Crippen LogP) is 2.47. The molecule has 5 nitrogen and oxygen atoms in total. The smallest absolute Gasteiger partial charge is 0.341 e. The van der Waals surface area contributed by atoms with E-state index < -0.39 is 11.4 Å². The number of fused-ring (bicyclic) bond motifs is 1. The third kappa shape index (κ3) is 1.98. The molecule has 0 radical (unpaired) electrons. The Morgan fingerprint density at radius 2 is 2.05 bits per heavy atom. The maximum atomic E-state index is 12.4. The van der Waals surface area contributed by atoms with Gasteiger partial charge in [0.15, 0.2) is 0 Å². The molecule has 0 bridgehead atoms. The van der Waals surface area contributed by atoms with Gasteiger partial charge in [-0.1, -0.05) is 0 Å². The fourth-order valence-electron chi connectivity index (χ4n) is 2.61. The Kier molecular flexibility index (Phi) is 3.56. The molecule has 3 rings (SSSR count). The van der Waals surface area contributed by atoms with E-state index in [4.69, 9.17) is 0 Å². The molecule has 1 saturated carbocycles. The first-order valence-corrected chi connectivity index (χ1v) is 6.26. The Bertz CT molecular complexity index is 763. The summed E-state index contributed by atoms with van der Waals surface area (Å²) in [6, 6.07) is 2.01. The monoisotopic (exact) mass is 294 g/mol. The maximum Gasteiger partial charge on any atom is 0.341 e. The summed E-state index contributed by atoms with van der Waals surface area (Å²) >= 11 is 0. The van der Waals surface area contributed by atoms with Crippen molar-refractivity contribution < 1.29 is 9.90 Å². The van der Waals surface area contributed by atoms with E-state index in [1.165, 1.54) is 0 Å². The van der Waals surface area contributed by atoms with E-state index in [1.807, 2.05) is 11.5 Å². The van der Waals surface area contributed by atoms with Gasteiger partial charge in [-0.25, -0.2) is 9.78 Å². The molecule has 0 amide bonds. The molecule has 0 unspecified atom stereocenters. The molecule has 106 valence electrons. The van der Waals surface area contributed by atoms with Crippen LogP contribution < -0.4 is 5.43 Å². The summed E-state index contributed by atoms with van der Waals surface area (Å²) in [5, 5.41) is 9.72. The second kappa shape index (κ2) is 4.90. The largest absolute Gasteiger partial charge is 0.477 e. The average Bonchev–Trinajstić information content (AvgIpc) is 3.12. The third-order valence-corrected chi connectivity index (χ3v) is 3.67. The molecule has 2 aromatic rings. The molecule has 1 aliphatic carbocycles. The van der Waals surface area contributed by atoms with E-state index >= 15 is 0 Å². The summed E-state index contributed by atoms with van der Waals surface area (Å²) < 4.78 is 1.91. The Balaban J connectivity index is 0.00000147. The van der Waals surface area contributed by atoms with Gasteiger partial charge in [-0.15, -0.1) is 12.4 Å². The molecular weight excluding hydrogens is 280 g/mol. The minimum Gasteiger partial charge on any atom is -0.477 e. The second-order valence-corrected chi connectivity index (χ2v) is 5.02. The van der Waals surface area contributed by atoms with Crippen LogP contribution in [0.5, 0.6) is 0 Å². The Morgan fingerprint density at radius 1 is 1.40 bits per heavy atom. The van der Waals surface area contributed by atoms with Crippen molar-refractivity contribution in [1.29, 1.82) is 0 Å². The predicted molar refractivity (Wildman–Crippen MR) is 78.0 cm³/mol. The van der Waals surface area contributed by atoms with Gasteiger partial charge in [-0.2, -0.15) is 0 Å². The van der Waals surface area contributed by atoms with Gasteiger partial charge in [0.05, 0.1) is 5.39 Å². The normalized spacial score (nSPS) is 14.1. The highest BCUT2D eigenvalue weighted by atomic mass is 35.5. The zero-order chi connectivity index (χ0) is 13.7. The Hall–Kier alpha value is -1.88. The highest BCUT2D eigenvalue weighted by Gasteiger charge is 2.30. The lowest BCUT2D eigenvalue weighted by Crippen LogP contribution is -2.23. The van der Waals surface area contributed by atoms with E-state index in [1.54, 1.807) is 19.2 Å². The van der Waals surface area contributed by atoms with Crippen LogP contribution in [0.15, 0.2) is 17.1 Å². The third-order valence-electron chi connectivity index (χ3n) is 3.67. The van der Waals surface area contributed by atoms with Crippen molar-refractivity contribution in [2.24, 2.45) is 0 Å². The van der Waals surface area contributed by atoms with Crippen LogP contribution in [0.1, 0.15) is 40.5 Å². The highest BCUT2D eigenvalue weighted by Crippen LogP contribution is 2.38. The lowest BCUT2D eigenvalue weighted by molar-refractivity contribution is 0.0694. The zero-order valence-corrected chi connectivity index (χ0v) is 12.0. The van der Waals surface area contributed by atoms with E-state index in [0.29, 0.717) is 16.7 Å². The van der Waals surface area contributed by atoms with Gasteiger partial charge in [0.1, 0.15) is 11.2 Å². The van der Waals surface area contributed by atoms with Crippen molar-refractivity contribution in [1.82, 2.24) is 9.55 Å². The minimum absolute atomic E-state index is 0. The standard InChI is InChI=1S/C14H14N2O3.ClH/c1-7-5-6-15-13-10(7)12(17)11(14(18)19)8(2)16(13)9-3-4-9;/h5-6,9H,3-4H2,1-2H3,(H,18,19);1H. The fraction of sp³-hybridized carbons (Fsp3) is 0.357. The molecule has 1 N–H and O–H groups in total. The molecule has 0 aromatic carbocycles. The van der Waals surface area contributed by atoms with E-state index in [0.717, 1.165) is 18.4 Å². The van der Waals surface area contributed by atoms with Gasteiger partial charge >= 0.3 is 5.97 Å². The number of nitrogens with zero attached hydrogens (tertiary/aromatic N) is 2. The van der Waals surface area contributed by atoms with Gasteiger partial charge in [0, 0.05) is 17.9 Å². The highest BCUT2D eigenvalue weighted by molar-refractivity contribution is 5.94. The number of pyridine rings is 2. The number of hydrogen-bond acceptors (Lipinski definition) is 3. The van der Waals surface area contributed by atoms with Gasteiger partial charge in [-0.3, -0.25) is 4.79 Å². The number of rotatable bonds is 2. The molecule has 2 aromatic heterocycles. The van der Waals surface area contributed by atoms with Crippen LogP contribution in [0.2, 0.25) is 0 Å². The molecule has 1 aliphatic rings. The lowest BCUT2D eigenvalue weighted by atomic mass is 10.1. The van der Waals surface area contributed by atoms with Crippen molar-refractivity contribution in [3.8, 4) is 0 Å². The van der Waals surface area contributed by atoms with Crippen molar-refractivity contribution in [2.45, 2.75) is 32.7 Å². The van der Waals surface area contributed by atoms with Gasteiger partial charge in [-0.05, 0) is 38.3 Å². The molecule has 1 fully saturated rings. The number of carbonyl (C=O) groups is 1. The van der Waals surface area contributed by atoms with Gasteiger partial charge < -0.3 is 9.67 Å². The number of aromatic nitrogens is 2. The zero-order valence-electron chi connectivity index (χ0n) is 11.2. The van der Waals surface area contributed by atoms with E-state index in [-0.39, 0.29) is 24.0 Å². The molecule has 6 heteroatoms. The first-order valence-electron chi connectivity index (χ1n) is 6.26. The second-order valence-electron chi connectivity index (χ2n) is 5.02. The number of aromatic carboxylic acids is 1. The molecule has 0 atom stereocenters. The van der Waals surface area contributed by atoms with Crippen molar-refractivity contribution in [3.05, 3.63) is 39.3 Å². The summed E-state index contributed by atoms with van der Waals surface area (Å²) in [5.74, 6) is -1.16. The molecular formula is C14H15ClN2O3. The van der Waals surface area contributed by atoms with Crippen LogP contribution in [-0.2, 0) is 0 Å². The van der Waals surface area contributed by atoms with Crippen molar-refractivity contribution in [3.63, 3.8) is 0 Å². The summed E-state index contributed by atoms with van der Waals surface area (Å²) in [6.45, 7) is 3.50. The quantitative estimate of drug-likeness (QED) is 0.923. The summed E-state index contributed by atoms with van der Waals surface area (Å²) in [7, 11) is 0. The van der Waals surface area contributed by atoms with Crippen LogP contribution in [0, 0.1) is 13.8 Å². The number of halogens is 1. The van der Waals surface area contributed by atoms with Gasteiger partial charge in [0.2, 0.25) is 5.43 Å². The number of carboxylic acids is 1. The Morgan fingerprint density at radius 3 is 2.60 bits per heavy atom. The number of hydrogen-bond donors (Lipinski definition) is 1. The number of aryl methyl sites for hydroxylation is 1. The molecule has 2 heterocycles. The first-order chi connectivity index (χ1) is 9.02. The van der Waals surface area contributed by atoms with Crippen LogP contribution in [0.3, 0.4) is 0 Å². The number of carboxylic acid groups (broad SMARTS) is 1. The van der Waals surface area contributed by atoms with Gasteiger partial charge in [0.25, 0.3) is 0 Å². The van der Waals surface area contributed by atoms with E-state index in [2.05, 4.69) is 4.98 Å². The van der Waals surface area contributed by atoms with Crippen LogP contribution in [0.25, 0.3) is 11.0 Å². The van der Waals surface area contributed by atoms with Crippen LogP contribution in [-0.4, -0.2) is 20.6 Å². The molecule has 20 heavy (non-hydrogen) atoms. The van der Waals surface area contributed by atoms with Crippen LogP contribution >= 0.6 is 12.4 Å². The SMILES string of the molecule is Cc1ccnc2c1c(=O)c(C(=O)O)c(C)n2C1CC1.Cl. The molecule has 0 spiro atoms.